The number of benzene rings is 3. The molecule has 3 aromatic rings. The molecule has 0 aliphatic carbocycles. The molecule has 5 rings (SSSR count). The molecule has 2 aliphatic rings. The van der Waals surface area contributed by atoms with E-state index in [0.29, 0.717) is 28.9 Å². The minimum absolute atomic E-state index is 0.0285. The zero-order valence-electron chi connectivity index (χ0n) is 20.3. The maximum atomic E-state index is 13.8. The third-order valence-corrected chi connectivity index (χ3v) is 8.34. The second-order valence-corrected chi connectivity index (χ2v) is 13.5. The van der Waals surface area contributed by atoms with Gasteiger partial charge in [-0.2, -0.15) is 0 Å². The van der Waals surface area contributed by atoms with E-state index in [1.807, 2.05) is 12.1 Å². The van der Waals surface area contributed by atoms with Gasteiger partial charge < -0.3 is 20.7 Å². The summed E-state index contributed by atoms with van der Waals surface area (Å²) in [4.78, 5) is 39.2. The number of amides is 3. The molecule has 4 bridgehead atoms. The lowest BCUT2D eigenvalue weighted by Crippen LogP contribution is -2.35. The Kier molecular flexibility index (Phi) is 8.21. The number of halogens is 1. The number of primary amides is 1. The number of anilines is 2. The quantitative estimate of drug-likeness (QED) is 0.288. The molecule has 10 nitrogen and oxygen atoms in total. The molecule has 0 fully saturated rings. The molecule has 0 spiro atoms. The number of nitrogens with one attached hydrogen (secondary N) is 2. The van der Waals surface area contributed by atoms with Crippen molar-refractivity contribution in [1.82, 2.24) is 4.90 Å². The number of nitrogens with zero attached hydrogens (tertiary/aromatic N) is 1. The van der Waals surface area contributed by atoms with Crippen LogP contribution in [0, 0.1) is 0 Å². The van der Waals surface area contributed by atoms with E-state index in [0.717, 1.165) is 5.56 Å². The molecule has 3 amide bonds. The number of carbonyl (C=O) groups excluding carboxylic acids is 3. The Hall–Kier alpha value is -3.65. The van der Waals surface area contributed by atoms with E-state index in [2.05, 4.69) is 10.6 Å². The monoisotopic (exact) mass is 648 g/mol. The van der Waals surface area contributed by atoms with Gasteiger partial charge in [-0.05, 0) is 53.1 Å². The van der Waals surface area contributed by atoms with Gasteiger partial charge in [0.05, 0.1) is 32.7 Å². The Labute approximate surface area is 232 Å². The number of nitrogens with two attached hydrogens (primary N) is 1. The van der Waals surface area contributed by atoms with E-state index in [4.69, 9.17) is 10.5 Å². The molecule has 2 heterocycles. The normalized spacial score (nSPS) is 16.5. The van der Waals surface area contributed by atoms with E-state index >= 15 is 0 Å². The standard InChI is InChI=1S/C26H25IN4O6S/c1-31-15-19-14-21(9-10-22(19)38(27,35)36)30-26(34)37-12-11-16-5-7-17(8-6-16)23(25(31)33)29-20-4-2-3-18(13-20)24(28)32/h2-10,13-14,23,29H,11-12,15H2,1H3,(H2,28,32)(H,30,34)/t23-/m1/s1. The fourth-order valence-electron chi connectivity index (χ4n) is 4.08. The van der Waals surface area contributed by atoms with Crippen LogP contribution in [0.2, 0.25) is 0 Å². The maximum Gasteiger partial charge on any atom is 0.411 e. The van der Waals surface area contributed by atoms with Crippen LogP contribution in [-0.2, 0) is 29.5 Å². The molecular weight excluding hydrogens is 623 g/mol. The van der Waals surface area contributed by atoms with E-state index in [1.165, 1.54) is 44.3 Å². The van der Waals surface area contributed by atoms with Crippen LogP contribution < -0.4 is 16.4 Å². The van der Waals surface area contributed by atoms with Crippen LogP contribution in [0.25, 0.3) is 0 Å². The van der Waals surface area contributed by atoms with Crippen molar-refractivity contribution < 1.29 is 27.5 Å². The van der Waals surface area contributed by atoms with Gasteiger partial charge >= 0.3 is 6.09 Å². The Morgan fingerprint density at radius 3 is 2.53 bits per heavy atom. The van der Waals surface area contributed by atoms with Crippen molar-refractivity contribution in [3.63, 3.8) is 0 Å². The molecular formula is C26H25IN4O6S. The van der Waals surface area contributed by atoms with E-state index in [9.17, 15) is 22.8 Å². The molecule has 3 aromatic carbocycles. The predicted molar refractivity (Wildman–Crippen MR) is 151 cm³/mol. The summed E-state index contributed by atoms with van der Waals surface area (Å²) in [6.07, 6.45) is -0.214. The molecule has 38 heavy (non-hydrogen) atoms. The van der Waals surface area contributed by atoms with Crippen molar-refractivity contribution in [2.75, 3.05) is 24.3 Å². The molecule has 4 N–H and O–H groups in total. The lowest BCUT2D eigenvalue weighted by molar-refractivity contribution is -0.131. The minimum Gasteiger partial charge on any atom is -0.449 e. The molecule has 1 atom stereocenters. The Bertz CT molecular complexity index is 1490. The molecule has 0 saturated heterocycles. The van der Waals surface area contributed by atoms with Gasteiger partial charge in [0, 0.05) is 37.0 Å². The van der Waals surface area contributed by atoms with Crippen LogP contribution in [0.3, 0.4) is 0 Å². The van der Waals surface area contributed by atoms with Crippen LogP contribution in [0.4, 0.5) is 16.2 Å². The van der Waals surface area contributed by atoms with Gasteiger partial charge in [0.15, 0.2) is 0 Å². The highest BCUT2D eigenvalue weighted by Gasteiger charge is 2.26. The Morgan fingerprint density at radius 1 is 1.11 bits per heavy atom. The van der Waals surface area contributed by atoms with Gasteiger partial charge in [-0.3, -0.25) is 14.9 Å². The van der Waals surface area contributed by atoms with Crippen LogP contribution in [0.1, 0.15) is 33.1 Å². The average Bonchev–Trinajstić information content (AvgIpc) is 2.86. The number of carbonyl (C=O) groups is 3. The van der Waals surface area contributed by atoms with E-state index in [-0.39, 0.29) is 29.5 Å². The van der Waals surface area contributed by atoms with E-state index in [1.54, 1.807) is 43.4 Å². The number of fused-ring (bicyclic) bond motifs is 9. The molecule has 0 aromatic heterocycles. The molecule has 198 valence electrons. The van der Waals surface area contributed by atoms with Crippen molar-refractivity contribution >= 4 is 57.5 Å². The zero-order valence-corrected chi connectivity index (χ0v) is 23.3. The maximum absolute atomic E-state index is 13.8. The largest absolute Gasteiger partial charge is 0.449 e. The molecule has 0 unspecified atom stereocenters. The third-order valence-electron chi connectivity index (χ3n) is 6.00. The summed E-state index contributed by atoms with van der Waals surface area (Å²) in [7, 11) is -2.10. The lowest BCUT2D eigenvalue weighted by atomic mass is 10.0. The molecule has 12 heteroatoms. The summed E-state index contributed by atoms with van der Waals surface area (Å²) in [5.74, 6) is -0.940. The number of hydrogen-bond donors (Lipinski definition) is 3. The molecule has 0 radical (unpaired) electrons. The first-order valence-corrected chi connectivity index (χ1v) is 15.6. The fourth-order valence-corrected chi connectivity index (χ4v) is 6.04. The second-order valence-electron chi connectivity index (χ2n) is 8.73. The summed E-state index contributed by atoms with van der Waals surface area (Å²) in [6.45, 7) is 0.0695. The highest BCUT2D eigenvalue weighted by Crippen LogP contribution is 2.29. The van der Waals surface area contributed by atoms with Crippen molar-refractivity contribution in [3.05, 3.63) is 89.0 Å². The smallest absolute Gasteiger partial charge is 0.411 e. The number of hydrogen-bond acceptors (Lipinski definition) is 7. The third kappa shape index (κ3) is 6.61. The van der Waals surface area contributed by atoms with Gasteiger partial charge in [-0.1, -0.05) is 30.3 Å². The topological polar surface area (TPSA) is 148 Å². The lowest BCUT2D eigenvalue weighted by Gasteiger charge is -2.27. The van der Waals surface area contributed by atoms with Crippen molar-refractivity contribution in [2.24, 2.45) is 5.73 Å². The highest BCUT2D eigenvalue weighted by atomic mass is 127. The van der Waals surface area contributed by atoms with Crippen molar-refractivity contribution in [2.45, 2.75) is 23.9 Å². The van der Waals surface area contributed by atoms with Crippen molar-refractivity contribution in [3.8, 4) is 0 Å². The molecule has 2 aliphatic heterocycles. The Balaban J connectivity index is 1.76. The van der Waals surface area contributed by atoms with Crippen LogP contribution >= 0.6 is 21.2 Å². The fraction of sp³-hybridized carbons (Fsp3) is 0.192. The van der Waals surface area contributed by atoms with Gasteiger partial charge in [0.2, 0.25) is 18.8 Å². The van der Waals surface area contributed by atoms with Crippen LogP contribution in [0.5, 0.6) is 0 Å². The summed E-state index contributed by atoms with van der Waals surface area (Å²) >= 11 is 1.34. The SMILES string of the molecule is CN1Cc2cc(ccc2S(=O)(=O)I)NC(=O)OCCc2ccc(cc2)[C@@H](Nc2cccc(C(N)=O)c2)C1=O. The average molecular weight is 648 g/mol. The Morgan fingerprint density at radius 2 is 1.84 bits per heavy atom. The number of likely N-dealkylation sites (N-methyl/N-ethyl adjacent to an activating group) is 1. The zero-order chi connectivity index (χ0) is 27.4. The van der Waals surface area contributed by atoms with Crippen LogP contribution in [0.15, 0.2) is 71.6 Å². The van der Waals surface area contributed by atoms with Gasteiger partial charge in [0.25, 0.3) is 0 Å². The summed E-state index contributed by atoms with van der Waals surface area (Å²) in [6, 6.07) is 17.3. The molecule has 0 saturated carbocycles. The number of ether oxygens (including phenoxy) is 1. The first-order valence-electron chi connectivity index (χ1n) is 11.5. The summed E-state index contributed by atoms with van der Waals surface area (Å²) in [5, 5.41) is 5.80. The van der Waals surface area contributed by atoms with Gasteiger partial charge in [-0.15, -0.1) is 0 Å². The van der Waals surface area contributed by atoms with E-state index < -0.39 is 25.1 Å². The van der Waals surface area contributed by atoms with Crippen molar-refractivity contribution in [1.29, 1.82) is 0 Å². The van der Waals surface area contributed by atoms with Gasteiger partial charge in [0.1, 0.15) is 6.04 Å². The summed E-state index contributed by atoms with van der Waals surface area (Å²) in [5.41, 5.74) is 8.44. The van der Waals surface area contributed by atoms with Gasteiger partial charge in [-0.25, -0.2) is 13.2 Å². The second kappa shape index (κ2) is 11.4. The summed E-state index contributed by atoms with van der Waals surface area (Å²) < 4.78 is 30.2. The highest BCUT2D eigenvalue weighted by molar-refractivity contribution is 14.2. The first kappa shape index (κ1) is 27.4. The number of rotatable bonds is 4. The van der Waals surface area contributed by atoms with Crippen LogP contribution in [-0.4, -0.2) is 44.9 Å². The predicted octanol–water partition coefficient (Wildman–Crippen LogP) is 3.83. The first-order chi connectivity index (χ1) is 18.0. The minimum atomic E-state index is -3.66.